The molecule has 7 N–H and O–H groups in total. The smallest absolute Gasteiger partial charge is 0.246 e. The molecule has 17 heteroatoms. The molecule has 2 saturated heterocycles. The average molecular weight is 987 g/mol. The van der Waals surface area contributed by atoms with E-state index in [9.17, 15) is 29.1 Å². The highest BCUT2D eigenvalue weighted by Crippen LogP contribution is 2.33. The second-order valence-electron chi connectivity index (χ2n) is 22.4. The van der Waals surface area contributed by atoms with Crippen LogP contribution in [0.15, 0.2) is 48.5 Å². The summed E-state index contributed by atoms with van der Waals surface area (Å²) in [5.74, 6) is -1.26. The number of amides is 5. The van der Waals surface area contributed by atoms with Crippen molar-refractivity contribution in [1.82, 2.24) is 51.5 Å². The van der Waals surface area contributed by atoms with E-state index < -0.39 is 53.3 Å². The molecule has 0 radical (unpaired) electrons. The molecule has 0 spiro atoms. The van der Waals surface area contributed by atoms with E-state index in [4.69, 9.17) is 4.74 Å². The number of carbonyl (C=O) groups excluding carboxylic acids is 5. The zero-order chi connectivity index (χ0) is 51.6. The second kappa shape index (κ2) is 25.0. The van der Waals surface area contributed by atoms with Gasteiger partial charge in [-0.1, -0.05) is 90.1 Å². The molecule has 0 saturated carbocycles. The normalized spacial score (nSPS) is 23.3. The number of nitrogens with one attached hydrogen (secondary N) is 6. The van der Waals surface area contributed by atoms with Crippen molar-refractivity contribution in [3.63, 3.8) is 0 Å². The Morgan fingerprint density at radius 3 is 1.65 bits per heavy atom. The maximum atomic E-state index is 14.6. The topological polar surface area (TPSA) is 200 Å². The van der Waals surface area contributed by atoms with Gasteiger partial charge in [0.25, 0.3) is 0 Å². The fraction of sp³-hybridized carbons (Fsp3) is 0.685. The summed E-state index contributed by atoms with van der Waals surface area (Å²) >= 11 is 0. The predicted molar refractivity (Wildman–Crippen MR) is 276 cm³/mol. The minimum atomic E-state index is -1.04. The summed E-state index contributed by atoms with van der Waals surface area (Å²) in [4.78, 5) is 77.8. The second-order valence-corrected chi connectivity index (χ2v) is 22.4. The highest BCUT2D eigenvalue weighted by molar-refractivity contribution is 5.94. The molecule has 71 heavy (non-hydrogen) atoms. The van der Waals surface area contributed by atoms with Crippen LogP contribution >= 0.6 is 0 Å². The van der Waals surface area contributed by atoms with Crippen LogP contribution in [0.4, 0.5) is 0 Å². The fourth-order valence-electron chi connectivity index (χ4n) is 10.5. The molecule has 9 atom stereocenters. The summed E-state index contributed by atoms with van der Waals surface area (Å²) in [6.07, 6.45) is 4.53. The number of likely N-dealkylation sites (N-methyl/N-ethyl adjacent to an activating group) is 2. The maximum absolute atomic E-state index is 14.6. The van der Waals surface area contributed by atoms with Gasteiger partial charge in [-0.25, -0.2) is 0 Å². The first-order valence-corrected chi connectivity index (χ1v) is 26.2. The van der Waals surface area contributed by atoms with E-state index in [1.54, 1.807) is 37.7 Å². The molecule has 2 aliphatic heterocycles. The van der Waals surface area contributed by atoms with Crippen LogP contribution in [0.2, 0.25) is 0 Å². The number of ether oxygens (including phenoxy) is 1. The third kappa shape index (κ3) is 14.4. The van der Waals surface area contributed by atoms with Gasteiger partial charge in [-0.15, -0.1) is 0 Å². The van der Waals surface area contributed by atoms with E-state index in [1.807, 2.05) is 65.8 Å². The van der Waals surface area contributed by atoms with Crippen LogP contribution in [0, 0.1) is 10.8 Å². The molecule has 2 aliphatic carbocycles. The molecule has 0 bridgehead atoms. The van der Waals surface area contributed by atoms with E-state index in [1.165, 1.54) is 16.7 Å². The lowest BCUT2D eigenvalue weighted by atomic mass is 9.85. The monoisotopic (exact) mass is 987 g/mol. The van der Waals surface area contributed by atoms with E-state index in [2.05, 4.69) is 66.0 Å². The quantitative estimate of drug-likeness (QED) is 0.0804. The highest BCUT2D eigenvalue weighted by atomic mass is 16.5. The summed E-state index contributed by atoms with van der Waals surface area (Å²) in [7, 11) is 3.41. The summed E-state index contributed by atoms with van der Waals surface area (Å²) in [6, 6.07) is 12.3. The Morgan fingerprint density at radius 1 is 0.662 bits per heavy atom. The first-order valence-electron chi connectivity index (χ1n) is 26.2. The van der Waals surface area contributed by atoms with Gasteiger partial charge in [-0.2, -0.15) is 0 Å². The molecule has 4 aliphatic rings. The molecule has 6 rings (SSSR count). The van der Waals surface area contributed by atoms with Crippen molar-refractivity contribution in [2.24, 2.45) is 10.8 Å². The average Bonchev–Trinajstić information content (AvgIpc) is 3.35. The van der Waals surface area contributed by atoms with Crippen LogP contribution in [0.1, 0.15) is 115 Å². The van der Waals surface area contributed by atoms with Crippen LogP contribution in [-0.4, -0.2) is 176 Å². The summed E-state index contributed by atoms with van der Waals surface area (Å²) < 4.78 is 6.29. The minimum Gasteiger partial charge on any atom is -0.379 e. The number of fused-ring (bicyclic) bond motifs is 2. The number of carbonyl (C=O) groups is 5. The van der Waals surface area contributed by atoms with Crippen molar-refractivity contribution in [3.8, 4) is 0 Å². The number of benzene rings is 2. The Kier molecular flexibility index (Phi) is 19.6. The lowest BCUT2D eigenvalue weighted by molar-refractivity contribution is -0.149. The van der Waals surface area contributed by atoms with Gasteiger partial charge in [0.15, 0.2) is 0 Å². The van der Waals surface area contributed by atoms with Gasteiger partial charge in [-0.05, 0) is 99.6 Å². The zero-order valence-corrected chi connectivity index (χ0v) is 44.3. The van der Waals surface area contributed by atoms with E-state index in [0.29, 0.717) is 65.6 Å². The van der Waals surface area contributed by atoms with E-state index in [-0.39, 0.29) is 41.6 Å². The summed E-state index contributed by atoms with van der Waals surface area (Å²) in [6.45, 7) is 19.5. The van der Waals surface area contributed by atoms with Gasteiger partial charge in [0.1, 0.15) is 24.4 Å². The lowest BCUT2D eigenvalue weighted by Crippen LogP contribution is -2.67. The van der Waals surface area contributed by atoms with Gasteiger partial charge >= 0.3 is 0 Å². The van der Waals surface area contributed by atoms with Crippen molar-refractivity contribution in [2.45, 2.75) is 148 Å². The Morgan fingerprint density at radius 2 is 1.13 bits per heavy atom. The van der Waals surface area contributed by atoms with Gasteiger partial charge < -0.3 is 46.2 Å². The van der Waals surface area contributed by atoms with Crippen LogP contribution in [0.5, 0.6) is 0 Å². The number of aliphatic hydroxyl groups excluding tert-OH is 1. The number of piperazine rings is 2. The lowest BCUT2D eigenvalue weighted by Gasteiger charge is -2.46. The van der Waals surface area contributed by atoms with Gasteiger partial charge in [0, 0.05) is 58.4 Å². The number of hydrogen-bond donors (Lipinski definition) is 7. The third-order valence-electron chi connectivity index (χ3n) is 15.2. The first kappa shape index (κ1) is 55.8. The Hall–Kier alpha value is -4.49. The predicted octanol–water partition coefficient (Wildman–Crippen LogP) is 2.49. The molecule has 5 amide bonds. The molecule has 2 heterocycles. The van der Waals surface area contributed by atoms with Gasteiger partial charge in [0.2, 0.25) is 29.5 Å². The fourth-order valence-corrected chi connectivity index (χ4v) is 10.5. The molecule has 17 nitrogen and oxygen atoms in total. The Labute approximate surface area is 423 Å². The number of aryl methyl sites for hydroxylation is 2. The molecular formula is C54H86N10O7. The molecule has 2 aromatic carbocycles. The standard InChI is InChI=1S/C54H86N10O7/c1-35(55-9)47(65)59-45(53(3,4)5)51(69)63-27-25-61(33-43(63)49(67)57-41-23-15-19-37-17-11-13-21-39(37)41)29-31-71-32-30-62-26-28-64(52(70)46(54(6,7)8)60-48(66)36(2)56-10)44(34-62)50(68)58-42-24-16-20-38-18-12-14-22-40(38)42/h11-14,17-18,21-22,35-36,41-46,49,55-57,67H,15-16,19-20,23-34H2,1-10H3,(H,58,68)(H,59,65)(H,60,66)/t35-,36-,41+,42+,43-,44-,45+,46+,49?/m0/s1. The van der Waals surface area contributed by atoms with E-state index >= 15 is 0 Å². The Balaban J connectivity index is 1.11. The SMILES string of the molecule is CN[C@@H](C)C(=O)N[C@H](C(=O)N1CCN(CCOCCN2CCN(C(=O)[C@@H](NC(=O)[C@H](C)NC)C(C)(C)C)[C@H](C(O)N[C@@H]3CCCc4ccccc43)C2)C[C@H]1C(=O)N[C@@H]1CCCc2ccccc21)C(C)(C)C. The first-order chi connectivity index (χ1) is 33.7. The number of aliphatic hydroxyl groups is 1. The van der Waals surface area contributed by atoms with Crippen molar-refractivity contribution < 1.29 is 33.8 Å². The van der Waals surface area contributed by atoms with Gasteiger partial charge in [0.05, 0.1) is 37.4 Å². The maximum Gasteiger partial charge on any atom is 0.246 e. The van der Waals surface area contributed by atoms with Gasteiger partial charge in [-0.3, -0.25) is 39.1 Å². The zero-order valence-electron chi connectivity index (χ0n) is 44.3. The third-order valence-corrected chi connectivity index (χ3v) is 15.2. The number of hydrogen-bond acceptors (Lipinski definition) is 12. The largest absolute Gasteiger partial charge is 0.379 e. The van der Waals surface area contributed by atoms with Crippen molar-refractivity contribution >= 4 is 29.5 Å². The Bertz CT molecular complexity index is 2130. The molecule has 1 unspecified atom stereocenters. The van der Waals surface area contributed by atoms with Crippen LogP contribution < -0.4 is 31.9 Å². The molecule has 0 aromatic heterocycles. The number of rotatable bonds is 19. The van der Waals surface area contributed by atoms with E-state index in [0.717, 1.165) is 44.1 Å². The highest BCUT2D eigenvalue weighted by Gasteiger charge is 2.45. The van der Waals surface area contributed by atoms with Crippen molar-refractivity contribution in [3.05, 3.63) is 70.8 Å². The number of nitrogens with zero attached hydrogens (tertiary/aromatic N) is 4. The summed E-state index contributed by atoms with van der Waals surface area (Å²) in [5, 5.41) is 30.9. The molecule has 2 aromatic rings. The molecule has 2 fully saturated rings. The molecular weight excluding hydrogens is 901 g/mol. The molecule has 394 valence electrons. The van der Waals surface area contributed by atoms with Crippen LogP contribution in [0.3, 0.4) is 0 Å². The minimum absolute atomic E-state index is 0.0669. The summed E-state index contributed by atoms with van der Waals surface area (Å²) in [5.41, 5.74) is 3.57. The van der Waals surface area contributed by atoms with Crippen LogP contribution in [0.25, 0.3) is 0 Å². The van der Waals surface area contributed by atoms with Crippen LogP contribution in [-0.2, 0) is 41.6 Å². The van der Waals surface area contributed by atoms with Crippen molar-refractivity contribution in [1.29, 1.82) is 0 Å². The van der Waals surface area contributed by atoms with Crippen molar-refractivity contribution in [2.75, 3.05) is 79.7 Å².